The van der Waals surface area contributed by atoms with Crippen LogP contribution in [-0.4, -0.2) is 4.98 Å². The number of rotatable bonds is 2. The Kier molecular flexibility index (Phi) is 3.20. The predicted molar refractivity (Wildman–Crippen MR) is 82.4 cm³/mol. The van der Waals surface area contributed by atoms with Gasteiger partial charge in [0.15, 0.2) is 0 Å². The molecule has 3 nitrogen and oxygen atoms in total. The maximum Gasteiger partial charge on any atom is 0.136 e. The van der Waals surface area contributed by atoms with E-state index in [0.29, 0.717) is 16.5 Å². The average molecular weight is 285 g/mol. The van der Waals surface area contributed by atoms with Gasteiger partial charge < -0.3 is 10.5 Å². The van der Waals surface area contributed by atoms with Crippen LogP contribution < -0.4 is 10.5 Å². The molecule has 0 atom stereocenters. The summed E-state index contributed by atoms with van der Waals surface area (Å²) in [7, 11) is 0. The summed E-state index contributed by atoms with van der Waals surface area (Å²) >= 11 is 6.01. The number of nitrogen functional groups attached to an aromatic ring is 1. The quantitative estimate of drug-likeness (QED) is 0.701. The van der Waals surface area contributed by atoms with E-state index in [9.17, 15) is 0 Å². The van der Waals surface area contributed by atoms with Gasteiger partial charge in [0.25, 0.3) is 0 Å². The molecule has 0 aliphatic rings. The Hall–Kier alpha value is -2.26. The van der Waals surface area contributed by atoms with E-state index in [-0.39, 0.29) is 0 Å². The van der Waals surface area contributed by atoms with Gasteiger partial charge in [0.05, 0.1) is 0 Å². The van der Waals surface area contributed by atoms with Crippen molar-refractivity contribution in [1.82, 2.24) is 4.98 Å². The van der Waals surface area contributed by atoms with Crippen molar-refractivity contribution in [3.8, 4) is 11.5 Å². The third-order valence-corrected chi connectivity index (χ3v) is 3.42. The molecule has 0 saturated carbocycles. The van der Waals surface area contributed by atoms with Crippen LogP contribution >= 0.6 is 11.6 Å². The summed E-state index contributed by atoms with van der Waals surface area (Å²) in [6.45, 7) is 1.98. The molecule has 0 fully saturated rings. The smallest absolute Gasteiger partial charge is 0.136 e. The number of aromatic nitrogens is 1. The van der Waals surface area contributed by atoms with E-state index in [4.69, 9.17) is 22.1 Å². The van der Waals surface area contributed by atoms with Gasteiger partial charge in [-0.2, -0.15) is 0 Å². The first-order valence-corrected chi connectivity index (χ1v) is 6.59. The predicted octanol–water partition coefficient (Wildman–Crippen LogP) is 4.57. The standard InChI is InChI=1S/C16H13ClN2O/c1-10-2-3-11(17)8-16(10)20-15-5-4-14(18)12-6-7-19-9-13(12)15/h2-9H,18H2,1H3. The summed E-state index contributed by atoms with van der Waals surface area (Å²) in [6.07, 6.45) is 3.47. The van der Waals surface area contributed by atoms with E-state index >= 15 is 0 Å². The number of benzene rings is 2. The first-order chi connectivity index (χ1) is 9.65. The molecule has 0 unspecified atom stereocenters. The molecule has 3 aromatic rings. The number of anilines is 1. The Bertz CT molecular complexity index is 787. The molecule has 20 heavy (non-hydrogen) atoms. The first-order valence-electron chi connectivity index (χ1n) is 6.21. The maximum absolute atomic E-state index is 6.01. The van der Waals surface area contributed by atoms with Crippen molar-refractivity contribution in [2.45, 2.75) is 6.92 Å². The number of aryl methyl sites for hydroxylation is 1. The highest BCUT2D eigenvalue weighted by molar-refractivity contribution is 6.30. The first kappa shape index (κ1) is 12.8. The van der Waals surface area contributed by atoms with Crippen LogP contribution in [0.15, 0.2) is 48.8 Å². The minimum absolute atomic E-state index is 0.642. The monoisotopic (exact) mass is 284 g/mol. The largest absolute Gasteiger partial charge is 0.456 e. The minimum atomic E-state index is 0.642. The zero-order chi connectivity index (χ0) is 14.1. The fourth-order valence-electron chi connectivity index (χ4n) is 2.08. The molecule has 0 amide bonds. The third kappa shape index (κ3) is 2.28. The Balaban J connectivity index is 2.11. The van der Waals surface area contributed by atoms with E-state index in [1.54, 1.807) is 18.5 Å². The number of nitrogens with two attached hydrogens (primary N) is 1. The summed E-state index contributed by atoms with van der Waals surface area (Å²) in [5, 5.41) is 2.45. The van der Waals surface area contributed by atoms with Gasteiger partial charge in [-0.15, -0.1) is 0 Å². The van der Waals surface area contributed by atoms with Crippen LogP contribution in [0.25, 0.3) is 10.8 Å². The van der Waals surface area contributed by atoms with Gasteiger partial charge in [-0.3, -0.25) is 4.98 Å². The van der Waals surface area contributed by atoms with E-state index in [0.717, 1.165) is 22.1 Å². The summed E-state index contributed by atoms with van der Waals surface area (Å²) in [4.78, 5) is 4.13. The van der Waals surface area contributed by atoms with Gasteiger partial charge >= 0.3 is 0 Å². The summed E-state index contributed by atoms with van der Waals surface area (Å²) in [5.74, 6) is 1.44. The number of halogens is 1. The summed E-state index contributed by atoms with van der Waals surface area (Å²) in [5.41, 5.74) is 7.69. The molecule has 0 aliphatic heterocycles. The normalized spacial score (nSPS) is 10.7. The van der Waals surface area contributed by atoms with Gasteiger partial charge in [-0.1, -0.05) is 17.7 Å². The van der Waals surface area contributed by atoms with E-state index in [1.807, 2.05) is 37.3 Å². The molecule has 0 spiro atoms. The highest BCUT2D eigenvalue weighted by Gasteiger charge is 2.08. The van der Waals surface area contributed by atoms with Crippen molar-refractivity contribution in [3.05, 3.63) is 59.4 Å². The molecular formula is C16H13ClN2O. The topological polar surface area (TPSA) is 48.1 Å². The van der Waals surface area contributed by atoms with Crippen molar-refractivity contribution in [3.63, 3.8) is 0 Å². The maximum atomic E-state index is 6.01. The van der Waals surface area contributed by atoms with Gasteiger partial charge in [0.1, 0.15) is 11.5 Å². The van der Waals surface area contributed by atoms with E-state index < -0.39 is 0 Å². The lowest BCUT2D eigenvalue weighted by atomic mass is 10.1. The third-order valence-electron chi connectivity index (χ3n) is 3.18. The van der Waals surface area contributed by atoms with Crippen molar-refractivity contribution >= 4 is 28.1 Å². The molecular weight excluding hydrogens is 272 g/mol. The Morgan fingerprint density at radius 2 is 1.90 bits per heavy atom. The Morgan fingerprint density at radius 1 is 1.05 bits per heavy atom. The van der Waals surface area contributed by atoms with Crippen molar-refractivity contribution in [2.24, 2.45) is 0 Å². The molecule has 0 bridgehead atoms. The van der Waals surface area contributed by atoms with Crippen LogP contribution in [0.5, 0.6) is 11.5 Å². The second-order valence-corrected chi connectivity index (χ2v) is 5.02. The summed E-state index contributed by atoms with van der Waals surface area (Å²) < 4.78 is 5.98. The number of pyridine rings is 1. The second kappa shape index (κ2) is 5.02. The van der Waals surface area contributed by atoms with Gasteiger partial charge in [0, 0.05) is 33.9 Å². The molecule has 0 radical (unpaired) electrons. The van der Waals surface area contributed by atoms with E-state index in [1.165, 1.54) is 0 Å². The van der Waals surface area contributed by atoms with E-state index in [2.05, 4.69) is 4.98 Å². The van der Waals surface area contributed by atoms with Crippen molar-refractivity contribution in [1.29, 1.82) is 0 Å². The number of hydrogen-bond donors (Lipinski definition) is 1. The molecule has 1 heterocycles. The number of nitrogens with zero attached hydrogens (tertiary/aromatic N) is 1. The molecule has 100 valence electrons. The molecule has 1 aromatic heterocycles. The van der Waals surface area contributed by atoms with Crippen LogP contribution in [0.3, 0.4) is 0 Å². The van der Waals surface area contributed by atoms with Crippen LogP contribution in [0.4, 0.5) is 5.69 Å². The lowest BCUT2D eigenvalue weighted by molar-refractivity contribution is 0.484. The average Bonchev–Trinajstić information content (AvgIpc) is 2.46. The zero-order valence-electron chi connectivity index (χ0n) is 10.9. The number of hydrogen-bond acceptors (Lipinski definition) is 3. The summed E-state index contributed by atoms with van der Waals surface area (Å²) in [6, 6.07) is 11.1. The van der Waals surface area contributed by atoms with Gasteiger partial charge in [-0.25, -0.2) is 0 Å². The number of ether oxygens (including phenoxy) is 1. The highest BCUT2D eigenvalue weighted by atomic mass is 35.5. The molecule has 4 heteroatoms. The lowest BCUT2D eigenvalue weighted by Crippen LogP contribution is -1.92. The van der Waals surface area contributed by atoms with Crippen LogP contribution in [0, 0.1) is 6.92 Å². The molecule has 0 saturated heterocycles. The minimum Gasteiger partial charge on any atom is -0.456 e. The fourth-order valence-corrected chi connectivity index (χ4v) is 2.24. The van der Waals surface area contributed by atoms with Crippen LogP contribution in [0.2, 0.25) is 5.02 Å². The molecule has 2 N–H and O–H groups in total. The van der Waals surface area contributed by atoms with Gasteiger partial charge in [0.2, 0.25) is 0 Å². The second-order valence-electron chi connectivity index (χ2n) is 4.59. The highest BCUT2D eigenvalue weighted by Crippen LogP contribution is 2.34. The fraction of sp³-hybridized carbons (Fsp3) is 0.0625. The molecule has 2 aromatic carbocycles. The zero-order valence-corrected chi connectivity index (χ0v) is 11.7. The SMILES string of the molecule is Cc1ccc(Cl)cc1Oc1ccc(N)c2ccncc12. The van der Waals surface area contributed by atoms with Crippen molar-refractivity contribution < 1.29 is 4.74 Å². The number of fused-ring (bicyclic) bond motifs is 1. The van der Waals surface area contributed by atoms with Gasteiger partial charge in [-0.05, 0) is 42.8 Å². The lowest BCUT2D eigenvalue weighted by Gasteiger charge is -2.12. The van der Waals surface area contributed by atoms with Crippen molar-refractivity contribution in [2.75, 3.05) is 5.73 Å². The molecule has 3 rings (SSSR count). The molecule has 0 aliphatic carbocycles. The Labute approximate surface area is 122 Å². The Morgan fingerprint density at radius 3 is 2.75 bits per heavy atom. The van der Waals surface area contributed by atoms with Crippen LogP contribution in [0.1, 0.15) is 5.56 Å². The van der Waals surface area contributed by atoms with Crippen LogP contribution in [-0.2, 0) is 0 Å².